The van der Waals surface area contributed by atoms with Gasteiger partial charge in [-0.15, -0.1) is 0 Å². The van der Waals surface area contributed by atoms with E-state index < -0.39 is 0 Å². The minimum absolute atomic E-state index is 0.0482. The van der Waals surface area contributed by atoms with E-state index in [1.54, 1.807) is 12.1 Å². The first-order chi connectivity index (χ1) is 10.5. The fourth-order valence-corrected chi connectivity index (χ4v) is 2.94. The van der Waals surface area contributed by atoms with Gasteiger partial charge in [0, 0.05) is 30.2 Å². The molecule has 122 valence electrons. The molecule has 1 saturated heterocycles. The fraction of sp³-hybridized carbons (Fsp3) is 0.533. The topological polar surface area (TPSA) is 67.6 Å². The summed E-state index contributed by atoms with van der Waals surface area (Å²) in [5, 5.41) is 3.08. The molecule has 0 bridgehead atoms. The van der Waals surface area contributed by atoms with Crippen molar-refractivity contribution in [1.82, 2.24) is 10.2 Å². The lowest BCUT2D eigenvalue weighted by atomic mass is 10.0. The molecule has 2 atom stereocenters. The van der Waals surface area contributed by atoms with Gasteiger partial charge >= 0.3 is 0 Å². The maximum atomic E-state index is 14.3. The molecule has 1 heterocycles. The van der Waals surface area contributed by atoms with Crippen LogP contribution in [0.3, 0.4) is 0 Å². The summed E-state index contributed by atoms with van der Waals surface area (Å²) in [4.78, 5) is 13.5. The maximum Gasteiger partial charge on any atom is 0.233 e. The zero-order valence-corrected chi connectivity index (χ0v) is 13.3. The molecule has 7 heteroatoms. The zero-order chi connectivity index (χ0) is 16.1. The SMILES string of the molecule is C[C@H]1CN([C@@H](CNC(=O)CN)c2c(F)cccc2Cl)CCO1. The molecule has 2 rings (SSSR count). The van der Waals surface area contributed by atoms with Crippen molar-refractivity contribution in [2.75, 3.05) is 32.8 Å². The molecule has 1 aliphatic heterocycles. The van der Waals surface area contributed by atoms with E-state index in [-0.39, 0.29) is 37.0 Å². The average molecular weight is 330 g/mol. The van der Waals surface area contributed by atoms with Gasteiger partial charge in [-0.1, -0.05) is 17.7 Å². The lowest BCUT2D eigenvalue weighted by molar-refractivity contribution is -0.120. The Morgan fingerprint density at radius 3 is 3.05 bits per heavy atom. The third kappa shape index (κ3) is 4.16. The van der Waals surface area contributed by atoms with Crippen molar-refractivity contribution >= 4 is 17.5 Å². The van der Waals surface area contributed by atoms with Crippen molar-refractivity contribution in [3.05, 3.63) is 34.6 Å². The third-order valence-electron chi connectivity index (χ3n) is 3.72. The van der Waals surface area contributed by atoms with E-state index in [4.69, 9.17) is 22.1 Å². The normalized spacial score (nSPS) is 20.6. The van der Waals surface area contributed by atoms with E-state index in [0.29, 0.717) is 30.3 Å². The van der Waals surface area contributed by atoms with E-state index in [1.807, 2.05) is 6.92 Å². The van der Waals surface area contributed by atoms with E-state index in [9.17, 15) is 9.18 Å². The second-order valence-corrected chi connectivity index (χ2v) is 5.74. The Bertz CT molecular complexity index is 509. The smallest absolute Gasteiger partial charge is 0.233 e. The Hall–Kier alpha value is -1.21. The first-order valence-corrected chi connectivity index (χ1v) is 7.67. The number of benzene rings is 1. The lowest BCUT2D eigenvalue weighted by Gasteiger charge is -2.38. The molecule has 3 N–H and O–H groups in total. The number of nitrogens with zero attached hydrogens (tertiary/aromatic N) is 1. The summed E-state index contributed by atoms with van der Waals surface area (Å²) in [7, 11) is 0. The van der Waals surface area contributed by atoms with Crippen LogP contribution in [0, 0.1) is 5.82 Å². The molecular weight excluding hydrogens is 309 g/mol. The number of carbonyl (C=O) groups is 1. The highest BCUT2D eigenvalue weighted by Crippen LogP contribution is 2.30. The molecule has 0 spiro atoms. The highest BCUT2D eigenvalue weighted by Gasteiger charge is 2.29. The van der Waals surface area contributed by atoms with Crippen LogP contribution in [0.1, 0.15) is 18.5 Å². The fourth-order valence-electron chi connectivity index (χ4n) is 2.65. The van der Waals surface area contributed by atoms with Crippen molar-refractivity contribution in [2.24, 2.45) is 5.73 Å². The standard InChI is InChI=1S/C15H21ClFN3O2/c1-10-9-20(5-6-22-10)13(8-19-14(21)7-18)15-11(16)3-2-4-12(15)17/h2-4,10,13H,5-9,18H2,1H3,(H,19,21)/t10-,13-/m0/s1. The molecule has 1 amide bonds. The highest BCUT2D eigenvalue weighted by atomic mass is 35.5. The minimum atomic E-state index is -0.376. The molecule has 0 aromatic heterocycles. The predicted molar refractivity (Wildman–Crippen MR) is 83.2 cm³/mol. The molecule has 1 aromatic carbocycles. The van der Waals surface area contributed by atoms with Gasteiger partial charge in [-0.05, 0) is 19.1 Å². The van der Waals surface area contributed by atoms with Crippen molar-refractivity contribution in [1.29, 1.82) is 0 Å². The largest absolute Gasteiger partial charge is 0.376 e. The number of nitrogens with two attached hydrogens (primary N) is 1. The molecule has 0 radical (unpaired) electrons. The van der Waals surface area contributed by atoms with Crippen LogP contribution in [0.25, 0.3) is 0 Å². The minimum Gasteiger partial charge on any atom is -0.376 e. The number of morpholine rings is 1. The summed E-state index contributed by atoms with van der Waals surface area (Å²) in [5.41, 5.74) is 5.71. The molecule has 5 nitrogen and oxygen atoms in total. The average Bonchev–Trinajstić information content (AvgIpc) is 2.49. The maximum absolute atomic E-state index is 14.3. The summed E-state index contributed by atoms with van der Waals surface area (Å²) in [6.45, 7) is 3.98. The van der Waals surface area contributed by atoms with Crippen molar-refractivity contribution in [2.45, 2.75) is 19.1 Å². The van der Waals surface area contributed by atoms with Crippen molar-refractivity contribution < 1.29 is 13.9 Å². The van der Waals surface area contributed by atoms with Gasteiger partial charge in [0.15, 0.2) is 0 Å². The molecular formula is C15H21ClFN3O2. The third-order valence-corrected chi connectivity index (χ3v) is 4.05. The molecule has 0 saturated carbocycles. The van der Waals surface area contributed by atoms with Gasteiger partial charge in [-0.2, -0.15) is 0 Å². The molecule has 1 aromatic rings. The number of hydrogen-bond donors (Lipinski definition) is 2. The van der Waals surface area contributed by atoms with Crippen LogP contribution in [0.4, 0.5) is 4.39 Å². The first kappa shape index (κ1) is 17.1. The van der Waals surface area contributed by atoms with Crippen LogP contribution in [0.5, 0.6) is 0 Å². The van der Waals surface area contributed by atoms with Crippen molar-refractivity contribution in [3.8, 4) is 0 Å². The van der Waals surface area contributed by atoms with Gasteiger partial charge in [0.25, 0.3) is 0 Å². The van der Waals surface area contributed by atoms with Crippen LogP contribution in [-0.4, -0.2) is 49.7 Å². The molecule has 22 heavy (non-hydrogen) atoms. The van der Waals surface area contributed by atoms with E-state index in [1.165, 1.54) is 6.07 Å². The van der Waals surface area contributed by atoms with Crippen molar-refractivity contribution in [3.63, 3.8) is 0 Å². The van der Waals surface area contributed by atoms with Gasteiger partial charge in [-0.3, -0.25) is 9.69 Å². The second kappa shape index (κ2) is 7.87. The quantitative estimate of drug-likeness (QED) is 0.855. The Morgan fingerprint density at radius 2 is 2.41 bits per heavy atom. The molecule has 0 aliphatic carbocycles. The number of ether oxygens (including phenoxy) is 1. The lowest BCUT2D eigenvalue weighted by Crippen LogP contribution is -2.47. The number of nitrogens with one attached hydrogen (secondary N) is 1. The Morgan fingerprint density at radius 1 is 1.64 bits per heavy atom. The number of amides is 1. The van der Waals surface area contributed by atoms with Gasteiger partial charge in [0.1, 0.15) is 5.82 Å². The van der Waals surface area contributed by atoms with Gasteiger partial charge in [0.05, 0.1) is 25.3 Å². The van der Waals surface area contributed by atoms with Gasteiger partial charge in [-0.25, -0.2) is 4.39 Å². The first-order valence-electron chi connectivity index (χ1n) is 7.29. The number of halogens is 2. The number of carbonyl (C=O) groups excluding carboxylic acids is 1. The predicted octanol–water partition coefficient (Wildman–Crippen LogP) is 1.32. The van der Waals surface area contributed by atoms with E-state index >= 15 is 0 Å². The summed E-state index contributed by atoms with van der Waals surface area (Å²) in [5.74, 6) is -0.655. The van der Waals surface area contributed by atoms with Crippen LogP contribution >= 0.6 is 11.6 Å². The molecule has 0 unspecified atom stereocenters. The van der Waals surface area contributed by atoms with E-state index in [2.05, 4.69) is 10.2 Å². The van der Waals surface area contributed by atoms with Gasteiger partial charge in [0.2, 0.25) is 5.91 Å². The number of hydrogen-bond acceptors (Lipinski definition) is 4. The van der Waals surface area contributed by atoms with Crippen LogP contribution < -0.4 is 11.1 Å². The van der Waals surface area contributed by atoms with Crippen LogP contribution in [-0.2, 0) is 9.53 Å². The van der Waals surface area contributed by atoms with Crippen LogP contribution in [0.15, 0.2) is 18.2 Å². The zero-order valence-electron chi connectivity index (χ0n) is 12.5. The monoisotopic (exact) mass is 329 g/mol. The summed E-state index contributed by atoms with van der Waals surface area (Å²) < 4.78 is 19.8. The molecule has 1 fully saturated rings. The summed E-state index contributed by atoms with van der Waals surface area (Å²) in [6, 6.07) is 4.25. The number of rotatable bonds is 5. The molecule has 1 aliphatic rings. The second-order valence-electron chi connectivity index (χ2n) is 5.34. The Kier molecular flexibility index (Phi) is 6.14. The summed E-state index contributed by atoms with van der Waals surface area (Å²) >= 11 is 6.19. The Balaban J connectivity index is 2.26. The van der Waals surface area contributed by atoms with Gasteiger partial charge < -0.3 is 15.8 Å². The highest BCUT2D eigenvalue weighted by molar-refractivity contribution is 6.31. The summed E-state index contributed by atoms with van der Waals surface area (Å²) in [6.07, 6.45) is 0.0482. The van der Waals surface area contributed by atoms with E-state index in [0.717, 1.165) is 0 Å². The Labute approximate surface area is 134 Å². The van der Waals surface area contributed by atoms with Crippen LogP contribution in [0.2, 0.25) is 5.02 Å².